The minimum absolute atomic E-state index is 0.524. The van der Waals surface area contributed by atoms with Crippen molar-refractivity contribution in [1.82, 2.24) is 20.4 Å². The molecule has 6 heteroatoms. The van der Waals surface area contributed by atoms with Gasteiger partial charge in [-0.1, -0.05) is 0 Å². The number of aryl methyl sites for hydroxylation is 1. The van der Waals surface area contributed by atoms with Crippen molar-refractivity contribution in [2.45, 2.75) is 45.3 Å². The normalized spacial score (nSPS) is 23.3. The minimum atomic E-state index is 0.524. The first kappa shape index (κ1) is 14.4. The van der Waals surface area contributed by atoms with E-state index in [9.17, 15) is 0 Å². The van der Waals surface area contributed by atoms with Crippen LogP contribution in [0, 0.1) is 12.3 Å². The Bertz CT molecular complexity index is 618. The van der Waals surface area contributed by atoms with Crippen molar-refractivity contribution in [3.05, 3.63) is 34.2 Å². The van der Waals surface area contributed by atoms with E-state index in [-0.39, 0.29) is 0 Å². The second-order valence-corrected chi connectivity index (χ2v) is 7.36. The zero-order valence-electron chi connectivity index (χ0n) is 12.9. The predicted molar refractivity (Wildman–Crippen MR) is 85.5 cm³/mol. The molecule has 0 unspecified atom stereocenters. The third-order valence-corrected chi connectivity index (χ3v) is 5.79. The monoisotopic (exact) mass is 318 g/mol. The van der Waals surface area contributed by atoms with Gasteiger partial charge >= 0.3 is 0 Å². The van der Waals surface area contributed by atoms with Crippen LogP contribution in [0.15, 0.2) is 21.2 Å². The van der Waals surface area contributed by atoms with E-state index < -0.39 is 0 Å². The Morgan fingerprint density at radius 2 is 2.23 bits per heavy atom. The highest BCUT2D eigenvalue weighted by Crippen LogP contribution is 2.56. The van der Waals surface area contributed by atoms with E-state index in [1.807, 2.05) is 6.92 Å². The van der Waals surface area contributed by atoms with Crippen LogP contribution in [-0.2, 0) is 13.1 Å². The van der Waals surface area contributed by atoms with Crippen molar-refractivity contribution in [1.29, 1.82) is 0 Å². The molecule has 22 heavy (non-hydrogen) atoms. The van der Waals surface area contributed by atoms with Crippen molar-refractivity contribution < 1.29 is 4.42 Å². The lowest BCUT2D eigenvalue weighted by Crippen LogP contribution is -2.35. The lowest BCUT2D eigenvalue weighted by atomic mass is 9.93. The van der Waals surface area contributed by atoms with Gasteiger partial charge in [0.05, 0.1) is 6.54 Å². The van der Waals surface area contributed by atoms with Gasteiger partial charge < -0.3 is 9.73 Å². The number of hydrogen-bond donors (Lipinski definition) is 1. The first-order valence-electron chi connectivity index (χ1n) is 8.00. The van der Waals surface area contributed by atoms with Gasteiger partial charge in [-0.25, -0.2) is 0 Å². The van der Waals surface area contributed by atoms with E-state index in [0.717, 1.165) is 32.1 Å². The lowest BCUT2D eigenvalue weighted by molar-refractivity contribution is 0.173. The number of aromatic nitrogens is 2. The highest BCUT2D eigenvalue weighted by atomic mass is 32.1. The molecular weight excluding hydrogens is 296 g/mol. The van der Waals surface area contributed by atoms with Gasteiger partial charge in [0.1, 0.15) is 0 Å². The molecule has 0 amide bonds. The van der Waals surface area contributed by atoms with Crippen LogP contribution in [0.4, 0.5) is 0 Å². The van der Waals surface area contributed by atoms with Crippen LogP contribution in [0.2, 0.25) is 0 Å². The summed E-state index contributed by atoms with van der Waals surface area (Å²) in [7, 11) is 0. The van der Waals surface area contributed by atoms with Crippen LogP contribution in [0.3, 0.4) is 0 Å². The molecule has 5 nitrogen and oxygen atoms in total. The highest BCUT2D eigenvalue weighted by molar-refractivity contribution is 7.07. The van der Waals surface area contributed by atoms with Gasteiger partial charge in [-0.15, -0.1) is 10.2 Å². The van der Waals surface area contributed by atoms with Gasteiger partial charge in [0.2, 0.25) is 11.8 Å². The summed E-state index contributed by atoms with van der Waals surface area (Å²) in [6.45, 7) is 5.90. The Kier molecular flexibility index (Phi) is 3.76. The second kappa shape index (κ2) is 5.76. The summed E-state index contributed by atoms with van der Waals surface area (Å²) in [4.78, 5) is 2.54. The Balaban J connectivity index is 1.50. The van der Waals surface area contributed by atoms with Gasteiger partial charge in [0.15, 0.2) is 0 Å². The van der Waals surface area contributed by atoms with Crippen molar-refractivity contribution in [2.24, 2.45) is 5.41 Å². The minimum Gasteiger partial charge on any atom is -0.424 e. The molecule has 1 saturated heterocycles. The van der Waals surface area contributed by atoms with Crippen molar-refractivity contribution in [2.75, 3.05) is 13.1 Å². The molecule has 0 radical (unpaired) electrons. The molecule has 1 saturated carbocycles. The molecule has 4 rings (SSSR count). The molecule has 2 fully saturated rings. The van der Waals surface area contributed by atoms with Gasteiger partial charge in [0, 0.05) is 19.5 Å². The molecule has 118 valence electrons. The van der Waals surface area contributed by atoms with Gasteiger partial charge in [-0.3, -0.25) is 4.90 Å². The van der Waals surface area contributed by atoms with E-state index in [0.29, 0.717) is 17.3 Å². The summed E-state index contributed by atoms with van der Waals surface area (Å²) in [5.74, 6) is 1.39. The van der Waals surface area contributed by atoms with Crippen LogP contribution >= 0.6 is 11.3 Å². The summed E-state index contributed by atoms with van der Waals surface area (Å²) in [5, 5.41) is 16.0. The van der Waals surface area contributed by atoms with Gasteiger partial charge in [-0.2, -0.15) is 11.3 Å². The number of thiophene rings is 1. The molecule has 1 atom stereocenters. The summed E-state index contributed by atoms with van der Waals surface area (Å²) in [6.07, 6.45) is 3.90. The summed E-state index contributed by atoms with van der Waals surface area (Å²) in [5.41, 5.74) is 1.91. The summed E-state index contributed by atoms with van der Waals surface area (Å²) >= 11 is 1.76. The van der Waals surface area contributed by atoms with Crippen LogP contribution in [0.5, 0.6) is 0 Å². The fourth-order valence-electron chi connectivity index (χ4n) is 3.77. The molecule has 1 N–H and O–H groups in total. The van der Waals surface area contributed by atoms with E-state index in [2.05, 4.69) is 37.2 Å². The molecule has 2 aliphatic rings. The Morgan fingerprint density at radius 1 is 1.36 bits per heavy atom. The fourth-order valence-corrected chi connectivity index (χ4v) is 4.43. The molecule has 1 spiro atoms. The molecule has 3 heterocycles. The number of rotatable bonds is 5. The molecule has 2 aromatic heterocycles. The van der Waals surface area contributed by atoms with Gasteiger partial charge in [0.25, 0.3) is 0 Å². The average molecular weight is 318 g/mol. The first-order chi connectivity index (χ1) is 10.8. The standard InChI is InChI=1S/C16H22N4OS/c1-12-18-19-15(21-12)10-20(9-13-2-7-22-11-13)14-8-16(14)3-5-17-6-4-16/h2,7,11,14,17H,3-6,8-10H2,1H3/t14-/m0/s1. The van der Waals surface area contributed by atoms with Crippen LogP contribution < -0.4 is 5.32 Å². The SMILES string of the molecule is Cc1nnc(CN(Cc2ccsc2)[C@H]2CC23CCNCC3)o1. The maximum atomic E-state index is 5.61. The number of nitrogens with zero attached hydrogens (tertiary/aromatic N) is 3. The highest BCUT2D eigenvalue weighted by Gasteiger charge is 2.56. The van der Waals surface area contributed by atoms with Crippen molar-refractivity contribution >= 4 is 11.3 Å². The van der Waals surface area contributed by atoms with Gasteiger partial charge in [-0.05, 0) is 60.2 Å². The molecular formula is C16H22N4OS. The number of piperidine rings is 1. The zero-order chi connectivity index (χ0) is 15.0. The van der Waals surface area contributed by atoms with Crippen LogP contribution in [0.25, 0.3) is 0 Å². The maximum Gasteiger partial charge on any atom is 0.230 e. The van der Waals surface area contributed by atoms with Crippen LogP contribution in [-0.4, -0.2) is 34.2 Å². The lowest BCUT2D eigenvalue weighted by Gasteiger charge is -2.28. The Morgan fingerprint density at radius 3 is 2.91 bits per heavy atom. The number of hydrogen-bond acceptors (Lipinski definition) is 6. The first-order valence-corrected chi connectivity index (χ1v) is 8.94. The van der Waals surface area contributed by atoms with Crippen molar-refractivity contribution in [3.63, 3.8) is 0 Å². The molecule has 1 aliphatic carbocycles. The Labute approximate surface area is 134 Å². The summed E-state index contributed by atoms with van der Waals surface area (Å²) < 4.78 is 5.61. The summed E-state index contributed by atoms with van der Waals surface area (Å²) in [6, 6.07) is 2.87. The van der Waals surface area contributed by atoms with Crippen molar-refractivity contribution in [3.8, 4) is 0 Å². The molecule has 1 aliphatic heterocycles. The smallest absolute Gasteiger partial charge is 0.230 e. The predicted octanol–water partition coefficient (Wildman–Crippen LogP) is 2.58. The fraction of sp³-hybridized carbons (Fsp3) is 0.625. The molecule has 0 bridgehead atoms. The average Bonchev–Trinajstić information content (AvgIpc) is 2.90. The van der Waals surface area contributed by atoms with E-state index in [4.69, 9.17) is 4.42 Å². The van der Waals surface area contributed by atoms with E-state index >= 15 is 0 Å². The molecule has 0 aromatic carbocycles. The second-order valence-electron chi connectivity index (χ2n) is 6.58. The Hall–Kier alpha value is -1.24. The van der Waals surface area contributed by atoms with E-state index in [1.54, 1.807) is 11.3 Å². The van der Waals surface area contributed by atoms with E-state index in [1.165, 1.54) is 24.8 Å². The molecule has 2 aromatic rings. The topological polar surface area (TPSA) is 54.2 Å². The third-order valence-electron chi connectivity index (χ3n) is 5.06. The quantitative estimate of drug-likeness (QED) is 0.918. The maximum absolute atomic E-state index is 5.61. The largest absolute Gasteiger partial charge is 0.424 e. The van der Waals surface area contributed by atoms with Crippen LogP contribution in [0.1, 0.15) is 36.6 Å². The number of nitrogens with one attached hydrogen (secondary N) is 1. The third kappa shape index (κ3) is 2.83. The zero-order valence-corrected chi connectivity index (χ0v) is 13.7.